The summed E-state index contributed by atoms with van der Waals surface area (Å²) in [7, 11) is 0. The van der Waals surface area contributed by atoms with Crippen LogP contribution >= 0.6 is 0 Å². The van der Waals surface area contributed by atoms with Gasteiger partial charge in [-0.25, -0.2) is 0 Å². The van der Waals surface area contributed by atoms with Gasteiger partial charge in [0.05, 0.1) is 0 Å². The summed E-state index contributed by atoms with van der Waals surface area (Å²) in [5, 5.41) is 17.9. The molecule has 2 N–H and O–H groups in total. The van der Waals surface area contributed by atoms with Gasteiger partial charge in [-0.1, -0.05) is 19.3 Å². The van der Waals surface area contributed by atoms with Crippen molar-refractivity contribution < 1.29 is 19.8 Å². The van der Waals surface area contributed by atoms with Crippen molar-refractivity contribution in [2.45, 2.75) is 39.0 Å². The third-order valence-corrected chi connectivity index (χ3v) is 3.31. The molecular formula is C10H18BaO4. The zero-order valence-corrected chi connectivity index (χ0v) is 8.32. The molecule has 1 rings (SSSR count). The van der Waals surface area contributed by atoms with Gasteiger partial charge >= 0.3 is 60.8 Å². The fraction of sp³-hybridized carbons (Fsp3) is 0.800. The van der Waals surface area contributed by atoms with Gasteiger partial charge in [0, 0.05) is 0 Å². The predicted molar refractivity (Wildman–Crippen MR) is 58.5 cm³/mol. The Bertz CT molecular complexity index is 232. The number of rotatable bonds is 3. The third kappa shape index (κ3) is 3.23. The minimum atomic E-state index is -1.60. The van der Waals surface area contributed by atoms with Crippen LogP contribution in [0.4, 0.5) is 0 Å². The van der Waals surface area contributed by atoms with Gasteiger partial charge < -0.3 is 10.2 Å². The molecule has 5 heteroatoms. The molecule has 1 aliphatic carbocycles. The Hall–Kier alpha value is 0.511. The first-order valence-corrected chi connectivity index (χ1v) is 4.96. The van der Waals surface area contributed by atoms with Crippen LogP contribution in [-0.4, -0.2) is 71.0 Å². The molecule has 0 aliphatic heterocycles. The molecule has 1 aliphatic rings. The van der Waals surface area contributed by atoms with E-state index in [-0.39, 0.29) is 54.8 Å². The molecule has 0 amide bonds. The molecule has 0 heterocycles. The van der Waals surface area contributed by atoms with Gasteiger partial charge in [-0.2, -0.15) is 0 Å². The second kappa shape index (κ2) is 6.30. The van der Waals surface area contributed by atoms with Crippen molar-refractivity contribution in [3.63, 3.8) is 0 Å². The number of carboxylic acid groups (broad SMARTS) is 2. The van der Waals surface area contributed by atoms with Crippen molar-refractivity contribution in [3.05, 3.63) is 0 Å². The van der Waals surface area contributed by atoms with Crippen LogP contribution in [0.5, 0.6) is 0 Å². The van der Waals surface area contributed by atoms with Crippen LogP contribution in [0.3, 0.4) is 0 Å². The molecule has 0 aromatic carbocycles. The summed E-state index contributed by atoms with van der Waals surface area (Å²) in [4.78, 5) is 22.0. The molecular weight excluding hydrogens is 321 g/mol. The van der Waals surface area contributed by atoms with Crippen LogP contribution in [0.1, 0.15) is 39.0 Å². The number of hydrogen-bond donors (Lipinski definition) is 2. The van der Waals surface area contributed by atoms with E-state index in [0.717, 1.165) is 32.1 Å². The molecule has 0 radical (unpaired) electrons. The zero-order valence-electron chi connectivity index (χ0n) is 8.32. The quantitative estimate of drug-likeness (QED) is 0.590. The van der Waals surface area contributed by atoms with Crippen LogP contribution in [0.2, 0.25) is 0 Å². The Kier molecular flexibility index (Phi) is 6.51. The standard InChI is InChI=1S/C10H16O4.Ba.2H/c1-10(8(11)12,9(13)14)7-5-3-2-4-6-7;;;/h7H,2-6H2,1H3,(H,11,12)(H,13,14);;;. The molecule has 0 bridgehead atoms. The van der Waals surface area contributed by atoms with E-state index in [4.69, 9.17) is 10.2 Å². The van der Waals surface area contributed by atoms with Crippen LogP contribution < -0.4 is 0 Å². The molecule has 84 valence electrons. The van der Waals surface area contributed by atoms with Crippen LogP contribution in [-0.2, 0) is 9.59 Å². The van der Waals surface area contributed by atoms with Gasteiger partial charge in [0.1, 0.15) is 0 Å². The second-order valence-corrected chi connectivity index (χ2v) is 4.15. The fourth-order valence-corrected chi connectivity index (χ4v) is 2.12. The minimum absolute atomic E-state index is 0. The molecule has 0 spiro atoms. The van der Waals surface area contributed by atoms with Gasteiger partial charge in [0.2, 0.25) is 0 Å². The van der Waals surface area contributed by atoms with Crippen molar-refractivity contribution in [2.75, 3.05) is 0 Å². The van der Waals surface area contributed by atoms with E-state index in [1.165, 1.54) is 6.92 Å². The summed E-state index contributed by atoms with van der Waals surface area (Å²) < 4.78 is 0. The van der Waals surface area contributed by atoms with E-state index in [0.29, 0.717) is 0 Å². The summed E-state index contributed by atoms with van der Waals surface area (Å²) in [6.07, 6.45) is 4.41. The van der Waals surface area contributed by atoms with Crippen molar-refractivity contribution in [1.29, 1.82) is 0 Å². The predicted octanol–water partition coefficient (Wildman–Crippen LogP) is 0.826. The second-order valence-electron chi connectivity index (χ2n) is 4.15. The van der Waals surface area contributed by atoms with Crippen LogP contribution in [0.25, 0.3) is 0 Å². The monoisotopic (exact) mass is 340 g/mol. The maximum absolute atomic E-state index is 11.0. The molecule has 0 aromatic rings. The Labute approximate surface area is 130 Å². The first kappa shape index (κ1) is 15.5. The molecule has 0 atom stereocenters. The summed E-state index contributed by atoms with van der Waals surface area (Å²) in [5.41, 5.74) is -1.60. The van der Waals surface area contributed by atoms with E-state index in [9.17, 15) is 9.59 Å². The Morgan fingerprint density at radius 3 is 1.80 bits per heavy atom. The van der Waals surface area contributed by atoms with E-state index in [1.54, 1.807) is 0 Å². The van der Waals surface area contributed by atoms with E-state index in [2.05, 4.69) is 0 Å². The fourth-order valence-electron chi connectivity index (χ4n) is 2.12. The maximum atomic E-state index is 11.0. The zero-order chi connectivity index (χ0) is 10.8. The number of carbonyl (C=O) groups is 2. The first-order valence-electron chi connectivity index (χ1n) is 4.96. The Balaban J connectivity index is 0.00000196. The average molecular weight is 340 g/mol. The molecule has 15 heavy (non-hydrogen) atoms. The topological polar surface area (TPSA) is 74.6 Å². The van der Waals surface area contributed by atoms with Crippen molar-refractivity contribution in [3.8, 4) is 0 Å². The molecule has 0 unspecified atom stereocenters. The summed E-state index contributed by atoms with van der Waals surface area (Å²) >= 11 is 0. The van der Waals surface area contributed by atoms with Gasteiger partial charge in [0.25, 0.3) is 0 Å². The number of carboxylic acids is 2. The Morgan fingerprint density at radius 2 is 1.47 bits per heavy atom. The summed E-state index contributed by atoms with van der Waals surface area (Å²) in [6, 6.07) is 0. The van der Waals surface area contributed by atoms with Gasteiger partial charge in [-0.3, -0.25) is 9.59 Å². The van der Waals surface area contributed by atoms with Crippen LogP contribution in [0, 0.1) is 11.3 Å². The van der Waals surface area contributed by atoms with Crippen molar-refractivity contribution in [1.82, 2.24) is 0 Å². The third-order valence-electron chi connectivity index (χ3n) is 3.31. The molecule has 1 saturated carbocycles. The molecule has 0 aromatic heterocycles. The van der Waals surface area contributed by atoms with Crippen LogP contribution in [0.15, 0.2) is 0 Å². The van der Waals surface area contributed by atoms with Gasteiger partial charge in [0.15, 0.2) is 5.41 Å². The summed E-state index contributed by atoms with van der Waals surface area (Å²) in [5.74, 6) is -2.64. The van der Waals surface area contributed by atoms with E-state index in [1.807, 2.05) is 0 Å². The van der Waals surface area contributed by atoms with Crippen molar-refractivity contribution in [2.24, 2.45) is 11.3 Å². The average Bonchev–Trinajstić information content (AvgIpc) is 2.17. The number of aliphatic carboxylic acids is 2. The Morgan fingerprint density at radius 1 is 1.07 bits per heavy atom. The normalized spacial score (nSPS) is 17.9. The van der Waals surface area contributed by atoms with E-state index >= 15 is 0 Å². The van der Waals surface area contributed by atoms with Crippen molar-refractivity contribution >= 4 is 60.8 Å². The summed E-state index contributed by atoms with van der Waals surface area (Å²) in [6.45, 7) is 1.33. The number of hydrogen-bond acceptors (Lipinski definition) is 2. The first-order chi connectivity index (χ1) is 6.49. The van der Waals surface area contributed by atoms with Gasteiger partial charge in [-0.15, -0.1) is 0 Å². The van der Waals surface area contributed by atoms with Gasteiger partial charge in [-0.05, 0) is 25.7 Å². The molecule has 4 nitrogen and oxygen atoms in total. The SMILES string of the molecule is CC(C(=O)O)(C(=O)O)C1CCCCC1.[BaH2]. The van der Waals surface area contributed by atoms with E-state index < -0.39 is 17.4 Å². The molecule has 1 fully saturated rings. The molecule has 0 saturated heterocycles.